The molecule has 3 aromatic carbocycles. The van der Waals surface area contributed by atoms with Crippen LogP contribution in [0.15, 0.2) is 83.8 Å². The molecule has 4 rings (SSSR count). The molecule has 1 saturated heterocycles. The molecule has 0 bridgehead atoms. The van der Waals surface area contributed by atoms with Gasteiger partial charge < -0.3 is 26.8 Å². The maximum absolute atomic E-state index is 13.8. The smallest absolute Gasteiger partial charge is 0.268 e. The highest BCUT2D eigenvalue weighted by Gasteiger charge is 2.29. The van der Waals surface area contributed by atoms with Crippen LogP contribution < -0.4 is 26.0 Å². The number of benzene rings is 3. The SMILES string of the molecule is NCCCCC(NC(=O)c1ccc(S(=O)(=O)N(c2ccccc2)c2ccccc2O)cc1)C(=O)NCC1CCNCC1. The number of carbonyl (C=O) groups is 2. The standard InChI is InChI=1S/C31H39N5O5S/c32-19-7-6-10-27(31(39)34-22-23-17-20-33-21-18-23)35-30(38)24-13-15-26(16-14-24)42(40,41)36(25-8-2-1-3-9-25)28-11-4-5-12-29(28)37/h1-5,8-9,11-16,23,27,33,37H,6-7,10,17-22,32H2,(H,34,39)(H,35,38). The third kappa shape index (κ3) is 7.87. The predicted molar refractivity (Wildman–Crippen MR) is 163 cm³/mol. The van der Waals surface area contributed by atoms with Crippen molar-refractivity contribution in [3.8, 4) is 5.75 Å². The molecule has 1 aliphatic rings. The number of carbonyl (C=O) groups excluding carboxylic acids is 2. The number of nitrogens with zero attached hydrogens (tertiary/aromatic N) is 1. The maximum atomic E-state index is 13.8. The minimum absolute atomic E-state index is 0.0645. The molecule has 1 aliphatic heterocycles. The summed E-state index contributed by atoms with van der Waals surface area (Å²) >= 11 is 0. The molecule has 1 unspecified atom stereocenters. The molecule has 3 aromatic rings. The number of rotatable bonds is 13. The second-order valence-electron chi connectivity index (χ2n) is 10.4. The van der Waals surface area contributed by atoms with E-state index in [0.717, 1.165) is 36.7 Å². The van der Waals surface area contributed by atoms with Crippen molar-refractivity contribution in [3.05, 3.63) is 84.4 Å². The first kappa shape index (κ1) is 31.0. The number of phenols is 1. The molecule has 0 aliphatic carbocycles. The predicted octanol–water partition coefficient (Wildman–Crippen LogP) is 3.26. The Bertz CT molecular complexity index is 1430. The van der Waals surface area contributed by atoms with E-state index in [1.54, 1.807) is 42.5 Å². The number of nitrogens with one attached hydrogen (secondary N) is 3. The molecule has 2 amide bonds. The van der Waals surface area contributed by atoms with Crippen molar-refractivity contribution in [2.24, 2.45) is 11.7 Å². The second-order valence-corrected chi connectivity index (χ2v) is 12.2. The van der Waals surface area contributed by atoms with Gasteiger partial charge in [0.05, 0.1) is 16.3 Å². The summed E-state index contributed by atoms with van der Waals surface area (Å²) in [5.74, 6) is -0.507. The van der Waals surface area contributed by atoms with Crippen LogP contribution in [0.1, 0.15) is 42.5 Å². The number of amides is 2. The fraction of sp³-hybridized carbons (Fsp3) is 0.355. The number of hydrogen-bond donors (Lipinski definition) is 5. The van der Waals surface area contributed by atoms with Crippen LogP contribution in [0.3, 0.4) is 0 Å². The number of unbranched alkanes of at least 4 members (excludes halogenated alkanes) is 1. The number of nitrogens with two attached hydrogens (primary N) is 1. The Balaban J connectivity index is 1.51. The fourth-order valence-electron chi connectivity index (χ4n) is 4.95. The average Bonchev–Trinajstić information content (AvgIpc) is 3.01. The zero-order valence-corrected chi connectivity index (χ0v) is 24.4. The Labute approximate surface area is 247 Å². The molecule has 11 heteroatoms. The Hall–Kier alpha value is -3.93. The van der Waals surface area contributed by atoms with Crippen LogP contribution in [0.2, 0.25) is 0 Å². The summed E-state index contributed by atoms with van der Waals surface area (Å²) in [6, 6.07) is 19.4. The number of piperidine rings is 1. The van der Waals surface area contributed by atoms with Crippen molar-refractivity contribution in [2.45, 2.75) is 43.0 Å². The van der Waals surface area contributed by atoms with E-state index in [2.05, 4.69) is 16.0 Å². The average molecular weight is 594 g/mol. The first-order valence-corrected chi connectivity index (χ1v) is 15.7. The van der Waals surface area contributed by atoms with Crippen LogP contribution in [-0.2, 0) is 14.8 Å². The molecular weight excluding hydrogens is 554 g/mol. The van der Waals surface area contributed by atoms with E-state index in [0.29, 0.717) is 37.5 Å². The molecule has 42 heavy (non-hydrogen) atoms. The third-order valence-corrected chi connectivity index (χ3v) is 9.09. The molecule has 1 fully saturated rings. The van der Waals surface area contributed by atoms with Gasteiger partial charge >= 0.3 is 0 Å². The lowest BCUT2D eigenvalue weighted by molar-refractivity contribution is -0.123. The van der Waals surface area contributed by atoms with Crippen LogP contribution in [0.25, 0.3) is 0 Å². The van der Waals surface area contributed by atoms with E-state index < -0.39 is 22.0 Å². The summed E-state index contributed by atoms with van der Waals surface area (Å²) in [5.41, 5.74) is 6.29. The molecule has 1 atom stereocenters. The van der Waals surface area contributed by atoms with Crippen LogP contribution in [0.5, 0.6) is 5.75 Å². The molecular formula is C31H39N5O5S. The van der Waals surface area contributed by atoms with E-state index in [9.17, 15) is 23.1 Å². The molecule has 1 heterocycles. The number of hydrogen-bond acceptors (Lipinski definition) is 7. The van der Waals surface area contributed by atoms with Crippen molar-refractivity contribution in [2.75, 3.05) is 30.5 Å². The van der Waals surface area contributed by atoms with Crippen molar-refractivity contribution in [1.29, 1.82) is 0 Å². The second kappa shape index (κ2) is 14.8. The number of para-hydroxylation sites is 3. The quantitative estimate of drug-likeness (QED) is 0.191. The highest BCUT2D eigenvalue weighted by molar-refractivity contribution is 7.93. The van der Waals surface area contributed by atoms with E-state index in [-0.39, 0.29) is 27.8 Å². The van der Waals surface area contributed by atoms with E-state index in [1.807, 2.05) is 0 Å². The minimum atomic E-state index is -4.18. The van der Waals surface area contributed by atoms with Crippen molar-refractivity contribution < 1.29 is 23.1 Å². The molecule has 0 saturated carbocycles. The lowest BCUT2D eigenvalue weighted by atomic mass is 9.98. The highest BCUT2D eigenvalue weighted by atomic mass is 32.2. The molecule has 6 N–H and O–H groups in total. The van der Waals surface area contributed by atoms with Gasteiger partial charge in [-0.15, -0.1) is 0 Å². The van der Waals surface area contributed by atoms with Gasteiger partial charge in [-0.1, -0.05) is 30.3 Å². The normalized spacial score (nSPS) is 14.6. The number of phenolic OH excluding ortho intramolecular Hbond substituents is 1. The Morgan fingerprint density at radius 2 is 1.62 bits per heavy atom. The largest absolute Gasteiger partial charge is 0.506 e. The van der Waals surface area contributed by atoms with Crippen LogP contribution in [0.4, 0.5) is 11.4 Å². The van der Waals surface area contributed by atoms with Gasteiger partial charge in [0.15, 0.2) is 0 Å². The van der Waals surface area contributed by atoms with Crippen LogP contribution in [0, 0.1) is 5.92 Å². The van der Waals surface area contributed by atoms with Gasteiger partial charge in [0.2, 0.25) is 5.91 Å². The van der Waals surface area contributed by atoms with Gasteiger partial charge in [-0.25, -0.2) is 12.7 Å². The summed E-state index contributed by atoms with van der Waals surface area (Å²) < 4.78 is 28.7. The zero-order valence-electron chi connectivity index (χ0n) is 23.5. The first-order valence-electron chi connectivity index (χ1n) is 14.3. The fourth-order valence-corrected chi connectivity index (χ4v) is 6.45. The summed E-state index contributed by atoms with van der Waals surface area (Å²) in [7, 11) is -4.18. The van der Waals surface area contributed by atoms with Gasteiger partial charge in [0, 0.05) is 12.1 Å². The topological polar surface area (TPSA) is 154 Å². The van der Waals surface area contributed by atoms with Crippen molar-refractivity contribution in [1.82, 2.24) is 16.0 Å². The minimum Gasteiger partial charge on any atom is -0.506 e. The number of sulfonamides is 1. The molecule has 0 spiro atoms. The summed E-state index contributed by atoms with van der Waals surface area (Å²) in [5, 5.41) is 19.6. The Morgan fingerprint density at radius 3 is 2.29 bits per heavy atom. The Morgan fingerprint density at radius 1 is 0.952 bits per heavy atom. The van der Waals surface area contributed by atoms with E-state index in [4.69, 9.17) is 5.73 Å². The third-order valence-electron chi connectivity index (χ3n) is 7.34. The molecule has 0 aromatic heterocycles. The van der Waals surface area contributed by atoms with Gasteiger partial charge in [-0.2, -0.15) is 0 Å². The lowest BCUT2D eigenvalue weighted by Crippen LogP contribution is -2.48. The van der Waals surface area contributed by atoms with E-state index >= 15 is 0 Å². The Kier molecular flexibility index (Phi) is 10.9. The number of anilines is 2. The number of aromatic hydroxyl groups is 1. The summed E-state index contributed by atoms with van der Waals surface area (Å²) in [6.07, 6.45) is 3.84. The molecule has 0 radical (unpaired) electrons. The summed E-state index contributed by atoms with van der Waals surface area (Å²) in [6.45, 7) is 2.91. The van der Waals surface area contributed by atoms with Crippen molar-refractivity contribution >= 4 is 33.2 Å². The summed E-state index contributed by atoms with van der Waals surface area (Å²) in [4.78, 5) is 26.1. The zero-order chi connectivity index (χ0) is 30.0. The monoisotopic (exact) mass is 593 g/mol. The highest BCUT2D eigenvalue weighted by Crippen LogP contribution is 2.37. The van der Waals surface area contributed by atoms with Crippen LogP contribution in [-0.4, -0.2) is 57.6 Å². The van der Waals surface area contributed by atoms with Crippen LogP contribution >= 0.6 is 0 Å². The van der Waals surface area contributed by atoms with Gasteiger partial charge in [0.25, 0.3) is 15.9 Å². The first-order chi connectivity index (χ1) is 20.3. The van der Waals surface area contributed by atoms with E-state index in [1.165, 1.54) is 36.4 Å². The van der Waals surface area contributed by atoms with Gasteiger partial charge in [-0.05, 0) is 106 Å². The molecule has 224 valence electrons. The maximum Gasteiger partial charge on any atom is 0.268 e. The van der Waals surface area contributed by atoms with Gasteiger partial charge in [0.1, 0.15) is 11.8 Å². The molecule has 10 nitrogen and oxygen atoms in total. The van der Waals surface area contributed by atoms with Gasteiger partial charge in [-0.3, -0.25) is 9.59 Å². The lowest BCUT2D eigenvalue weighted by Gasteiger charge is -2.25. The van der Waals surface area contributed by atoms with Crippen molar-refractivity contribution in [3.63, 3.8) is 0 Å².